The Morgan fingerprint density at radius 1 is 1.03 bits per heavy atom. The molecule has 0 spiro atoms. The Balaban J connectivity index is 1.82. The number of fused-ring (bicyclic) bond motifs is 1. The Labute approximate surface area is 176 Å². The first-order valence-electron chi connectivity index (χ1n) is 9.17. The second-order valence-electron chi connectivity index (χ2n) is 6.46. The molecule has 0 saturated heterocycles. The van der Waals surface area contributed by atoms with Crippen LogP contribution in [0.25, 0.3) is 16.7 Å². The summed E-state index contributed by atoms with van der Waals surface area (Å²) in [5.74, 6) is -0.552. The highest BCUT2D eigenvalue weighted by molar-refractivity contribution is 6.04. The maximum atomic E-state index is 12.7. The highest BCUT2D eigenvalue weighted by atomic mass is 16.2. The first-order chi connectivity index (χ1) is 15.1. The van der Waals surface area contributed by atoms with Gasteiger partial charge in [-0.1, -0.05) is 12.6 Å². The van der Waals surface area contributed by atoms with Crippen molar-refractivity contribution in [1.82, 2.24) is 19.5 Å². The van der Waals surface area contributed by atoms with Gasteiger partial charge in [0.2, 0.25) is 11.9 Å². The highest BCUT2D eigenvalue weighted by Crippen LogP contribution is 2.27. The van der Waals surface area contributed by atoms with Crippen molar-refractivity contribution >= 4 is 40.8 Å². The Morgan fingerprint density at radius 3 is 2.58 bits per heavy atom. The molecule has 2 aromatic heterocycles. The Kier molecular flexibility index (Phi) is 5.31. The fraction of sp³-hybridized carbons (Fsp3) is 0. The van der Waals surface area contributed by atoms with E-state index in [-0.39, 0.29) is 17.4 Å². The SMILES string of the molecule is C=CC(=O)Nc1cccc(-n2c(NC(=O)c3cncnc3)nc3cc(C=O)ccc32)c1. The number of amides is 2. The van der Waals surface area contributed by atoms with E-state index in [1.165, 1.54) is 24.8 Å². The van der Waals surface area contributed by atoms with Crippen molar-refractivity contribution in [1.29, 1.82) is 0 Å². The van der Waals surface area contributed by atoms with Crippen LogP contribution in [0.15, 0.2) is 73.8 Å². The summed E-state index contributed by atoms with van der Waals surface area (Å²) in [6.45, 7) is 3.45. The molecule has 0 saturated carbocycles. The summed E-state index contributed by atoms with van der Waals surface area (Å²) in [6, 6.07) is 12.1. The molecule has 0 atom stereocenters. The number of anilines is 2. The number of hydrogen-bond acceptors (Lipinski definition) is 6. The fourth-order valence-electron chi connectivity index (χ4n) is 3.02. The lowest BCUT2D eigenvalue weighted by Gasteiger charge is -2.12. The van der Waals surface area contributed by atoms with Gasteiger partial charge in [-0.15, -0.1) is 0 Å². The molecule has 152 valence electrons. The molecule has 31 heavy (non-hydrogen) atoms. The molecule has 2 amide bonds. The van der Waals surface area contributed by atoms with E-state index >= 15 is 0 Å². The molecule has 0 fully saturated rings. The molecule has 0 aliphatic heterocycles. The topological polar surface area (TPSA) is 119 Å². The van der Waals surface area contributed by atoms with Crippen LogP contribution >= 0.6 is 0 Å². The lowest BCUT2D eigenvalue weighted by atomic mass is 10.2. The summed E-state index contributed by atoms with van der Waals surface area (Å²) in [5, 5.41) is 5.47. The lowest BCUT2D eigenvalue weighted by Crippen LogP contribution is -2.16. The predicted octanol–water partition coefficient (Wildman–Crippen LogP) is 3.00. The molecule has 0 aliphatic carbocycles. The van der Waals surface area contributed by atoms with Crippen LogP contribution < -0.4 is 10.6 Å². The first-order valence-corrected chi connectivity index (χ1v) is 9.17. The Bertz CT molecular complexity index is 1310. The third-order valence-corrected chi connectivity index (χ3v) is 4.42. The number of carbonyl (C=O) groups excluding carboxylic acids is 3. The third-order valence-electron chi connectivity index (χ3n) is 4.42. The van der Waals surface area contributed by atoms with Gasteiger partial charge in [0, 0.05) is 23.6 Å². The summed E-state index contributed by atoms with van der Waals surface area (Å²) in [4.78, 5) is 47.8. The van der Waals surface area contributed by atoms with Gasteiger partial charge in [0.1, 0.15) is 12.6 Å². The number of hydrogen-bond donors (Lipinski definition) is 2. The minimum absolute atomic E-state index is 0.235. The standard InChI is InChI=1S/C22H16N6O3/c1-2-20(30)25-16-4-3-5-17(9-16)28-19-7-6-14(12-29)8-18(19)26-22(28)27-21(31)15-10-23-13-24-11-15/h2-13H,1H2,(H,25,30)(H,26,27,31). The molecule has 4 rings (SSSR count). The van der Waals surface area contributed by atoms with Crippen molar-refractivity contribution in [3.05, 3.63) is 85.0 Å². The number of nitrogens with zero attached hydrogens (tertiary/aromatic N) is 4. The average Bonchev–Trinajstić information content (AvgIpc) is 3.16. The maximum absolute atomic E-state index is 12.7. The number of carbonyl (C=O) groups is 3. The molecule has 0 bridgehead atoms. The van der Waals surface area contributed by atoms with Crippen molar-refractivity contribution in [3.63, 3.8) is 0 Å². The minimum Gasteiger partial charge on any atom is -0.322 e. The summed E-state index contributed by atoms with van der Waals surface area (Å²) >= 11 is 0. The minimum atomic E-state index is -0.441. The molecule has 2 aromatic carbocycles. The number of imidazole rings is 1. The second-order valence-corrected chi connectivity index (χ2v) is 6.46. The lowest BCUT2D eigenvalue weighted by molar-refractivity contribution is -0.111. The number of aldehydes is 1. The van der Waals surface area contributed by atoms with E-state index in [0.717, 1.165) is 6.29 Å². The third kappa shape index (κ3) is 4.06. The monoisotopic (exact) mass is 412 g/mol. The Hall–Kier alpha value is -4.66. The Morgan fingerprint density at radius 2 is 1.84 bits per heavy atom. The van der Waals surface area contributed by atoms with Crippen molar-refractivity contribution < 1.29 is 14.4 Å². The molecule has 4 aromatic rings. The molecule has 0 unspecified atom stereocenters. The molecule has 2 heterocycles. The van der Waals surface area contributed by atoms with Gasteiger partial charge in [-0.3, -0.25) is 24.3 Å². The van der Waals surface area contributed by atoms with Gasteiger partial charge in [-0.05, 0) is 42.5 Å². The number of aromatic nitrogens is 4. The predicted molar refractivity (Wildman–Crippen MR) is 115 cm³/mol. The van der Waals surface area contributed by atoms with Gasteiger partial charge in [-0.25, -0.2) is 15.0 Å². The molecule has 2 N–H and O–H groups in total. The van der Waals surface area contributed by atoms with E-state index < -0.39 is 5.91 Å². The van der Waals surface area contributed by atoms with E-state index in [1.807, 2.05) is 0 Å². The summed E-state index contributed by atoms with van der Waals surface area (Å²) in [5.41, 5.74) is 3.09. The van der Waals surface area contributed by atoms with Gasteiger partial charge in [0.05, 0.1) is 22.3 Å². The van der Waals surface area contributed by atoms with Gasteiger partial charge in [0.25, 0.3) is 5.91 Å². The van der Waals surface area contributed by atoms with Crippen LogP contribution in [0, 0.1) is 0 Å². The van der Waals surface area contributed by atoms with Crippen LogP contribution in [0.4, 0.5) is 11.6 Å². The smallest absolute Gasteiger partial charge is 0.261 e. The molecular formula is C22H16N6O3. The van der Waals surface area contributed by atoms with Gasteiger partial charge in [0.15, 0.2) is 0 Å². The van der Waals surface area contributed by atoms with E-state index in [1.54, 1.807) is 47.0 Å². The van der Waals surface area contributed by atoms with Crippen molar-refractivity contribution in [2.45, 2.75) is 0 Å². The molecule has 9 heteroatoms. The zero-order chi connectivity index (χ0) is 21.8. The van der Waals surface area contributed by atoms with E-state index in [0.29, 0.717) is 28.0 Å². The number of nitrogens with one attached hydrogen (secondary N) is 2. The number of rotatable bonds is 6. The molecular weight excluding hydrogens is 396 g/mol. The summed E-state index contributed by atoms with van der Waals surface area (Å²) in [7, 11) is 0. The van der Waals surface area contributed by atoms with Crippen LogP contribution in [-0.4, -0.2) is 37.6 Å². The second kappa shape index (κ2) is 8.37. The van der Waals surface area contributed by atoms with Crippen molar-refractivity contribution in [2.75, 3.05) is 10.6 Å². The molecule has 9 nitrogen and oxygen atoms in total. The largest absolute Gasteiger partial charge is 0.322 e. The van der Waals surface area contributed by atoms with Crippen LogP contribution in [0.1, 0.15) is 20.7 Å². The van der Waals surface area contributed by atoms with Crippen LogP contribution in [0.5, 0.6) is 0 Å². The average molecular weight is 412 g/mol. The fourth-order valence-corrected chi connectivity index (χ4v) is 3.02. The summed E-state index contributed by atoms with van der Waals surface area (Å²) in [6.07, 6.45) is 6.02. The van der Waals surface area contributed by atoms with Gasteiger partial charge < -0.3 is 5.32 Å². The van der Waals surface area contributed by atoms with E-state index in [9.17, 15) is 14.4 Å². The molecule has 0 aliphatic rings. The normalized spacial score (nSPS) is 10.5. The van der Waals surface area contributed by atoms with Crippen LogP contribution in [-0.2, 0) is 4.79 Å². The van der Waals surface area contributed by atoms with E-state index in [4.69, 9.17) is 0 Å². The summed E-state index contributed by atoms with van der Waals surface area (Å²) < 4.78 is 1.72. The molecule has 0 radical (unpaired) electrons. The number of benzene rings is 2. The van der Waals surface area contributed by atoms with Crippen LogP contribution in [0.2, 0.25) is 0 Å². The van der Waals surface area contributed by atoms with Crippen molar-refractivity contribution in [3.8, 4) is 5.69 Å². The quantitative estimate of drug-likeness (QED) is 0.371. The zero-order valence-electron chi connectivity index (χ0n) is 16.1. The van der Waals surface area contributed by atoms with E-state index in [2.05, 4.69) is 32.2 Å². The van der Waals surface area contributed by atoms with Crippen LogP contribution in [0.3, 0.4) is 0 Å². The van der Waals surface area contributed by atoms with Gasteiger partial charge in [-0.2, -0.15) is 0 Å². The van der Waals surface area contributed by atoms with Crippen molar-refractivity contribution in [2.24, 2.45) is 0 Å². The zero-order valence-corrected chi connectivity index (χ0v) is 16.1. The van der Waals surface area contributed by atoms with Gasteiger partial charge >= 0.3 is 0 Å². The maximum Gasteiger partial charge on any atom is 0.261 e. The highest BCUT2D eigenvalue weighted by Gasteiger charge is 2.17. The first kappa shape index (κ1) is 19.6.